The molecule has 0 heterocycles. The molecule has 0 saturated carbocycles. The highest BCUT2D eigenvalue weighted by Gasteiger charge is 2.04. The van der Waals surface area contributed by atoms with E-state index >= 15 is 0 Å². The molecule has 0 bridgehead atoms. The number of nitrogen functional groups attached to an aromatic ring is 1. The summed E-state index contributed by atoms with van der Waals surface area (Å²) in [6.07, 6.45) is 0. The van der Waals surface area contributed by atoms with Gasteiger partial charge in [0.05, 0.1) is 0 Å². The molecule has 3 N–H and O–H groups in total. The average molecular weight is 235 g/mol. The molecule has 3 rings (SSSR count). The smallest absolute Gasteiger partial charge is 0.123 e. The molecule has 0 atom stereocenters. The Morgan fingerprint density at radius 3 is 2.50 bits per heavy atom. The van der Waals surface area contributed by atoms with E-state index in [1.54, 1.807) is 6.07 Å². The molecule has 3 aromatic carbocycles. The van der Waals surface area contributed by atoms with Gasteiger partial charge in [0.1, 0.15) is 5.75 Å². The third kappa shape index (κ3) is 1.68. The van der Waals surface area contributed by atoms with Gasteiger partial charge in [0.2, 0.25) is 0 Å². The lowest BCUT2D eigenvalue weighted by Gasteiger charge is -2.07. The largest absolute Gasteiger partial charge is 0.507 e. The SMILES string of the molecule is Nc1cccc2cc(-c3ccccc3O)ccc12. The van der Waals surface area contributed by atoms with Crippen LogP contribution in [0.4, 0.5) is 5.69 Å². The number of benzene rings is 3. The topological polar surface area (TPSA) is 46.2 Å². The fourth-order valence-electron chi connectivity index (χ4n) is 2.19. The zero-order chi connectivity index (χ0) is 12.5. The van der Waals surface area contributed by atoms with Crippen LogP contribution in [0.5, 0.6) is 5.75 Å². The highest BCUT2D eigenvalue weighted by molar-refractivity contribution is 5.95. The summed E-state index contributed by atoms with van der Waals surface area (Å²) in [4.78, 5) is 0. The molecule has 0 spiro atoms. The standard InChI is InChI=1S/C16H13NO/c17-15-6-3-4-11-10-12(8-9-13(11)15)14-5-1-2-7-16(14)18/h1-10,18H,17H2. The van der Waals surface area contributed by atoms with Gasteiger partial charge in [-0.05, 0) is 29.1 Å². The Hall–Kier alpha value is -2.48. The van der Waals surface area contributed by atoms with Crippen LogP contribution in [0, 0.1) is 0 Å². The van der Waals surface area contributed by atoms with E-state index in [2.05, 4.69) is 0 Å². The molecule has 88 valence electrons. The number of aromatic hydroxyl groups is 1. The van der Waals surface area contributed by atoms with Gasteiger partial charge in [-0.2, -0.15) is 0 Å². The average Bonchev–Trinajstić information content (AvgIpc) is 2.39. The molecule has 0 fully saturated rings. The number of para-hydroxylation sites is 1. The molecule has 0 aliphatic carbocycles. The number of phenols is 1. The minimum Gasteiger partial charge on any atom is -0.507 e. The Kier molecular flexibility index (Phi) is 2.41. The van der Waals surface area contributed by atoms with E-state index in [-0.39, 0.29) is 0 Å². The van der Waals surface area contributed by atoms with Crippen molar-refractivity contribution in [1.29, 1.82) is 0 Å². The molecule has 0 amide bonds. The van der Waals surface area contributed by atoms with Gasteiger partial charge < -0.3 is 10.8 Å². The first-order valence-electron chi connectivity index (χ1n) is 5.82. The van der Waals surface area contributed by atoms with Crippen LogP contribution in [0.25, 0.3) is 21.9 Å². The second-order valence-electron chi connectivity index (χ2n) is 4.30. The first-order chi connectivity index (χ1) is 8.75. The predicted octanol–water partition coefficient (Wildman–Crippen LogP) is 3.79. The van der Waals surface area contributed by atoms with Crippen LogP contribution in [0.2, 0.25) is 0 Å². The highest BCUT2D eigenvalue weighted by atomic mass is 16.3. The summed E-state index contributed by atoms with van der Waals surface area (Å²) in [6.45, 7) is 0. The number of anilines is 1. The van der Waals surface area contributed by atoms with Gasteiger partial charge in [0.15, 0.2) is 0 Å². The third-order valence-electron chi connectivity index (χ3n) is 3.13. The van der Waals surface area contributed by atoms with Crippen molar-refractivity contribution in [3.63, 3.8) is 0 Å². The minimum atomic E-state index is 0.292. The molecular weight excluding hydrogens is 222 g/mol. The van der Waals surface area contributed by atoms with Crippen LogP contribution < -0.4 is 5.73 Å². The summed E-state index contributed by atoms with van der Waals surface area (Å²) in [6, 6.07) is 19.2. The van der Waals surface area contributed by atoms with Gasteiger partial charge in [-0.3, -0.25) is 0 Å². The van der Waals surface area contributed by atoms with Crippen LogP contribution in [-0.2, 0) is 0 Å². The Bertz CT molecular complexity index is 719. The zero-order valence-electron chi connectivity index (χ0n) is 9.80. The van der Waals surface area contributed by atoms with Gasteiger partial charge >= 0.3 is 0 Å². The van der Waals surface area contributed by atoms with Crippen molar-refractivity contribution < 1.29 is 5.11 Å². The lowest BCUT2D eigenvalue weighted by atomic mass is 10.00. The van der Waals surface area contributed by atoms with Crippen LogP contribution >= 0.6 is 0 Å². The molecule has 2 heteroatoms. The molecule has 0 aromatic heterocycles. The summed E-state index contributed by atoms with van der Waals surface area (Å²) < 4.78 is 0. The van der Waals surface area contributed by atoms with Gasteiger partial charge in [-0.15, -0.1) is 0 Å². The summed E-state index contributed by atoms with van der Waals surface area (Å²) >= 11 is 0. The number of phenolic OH excluding ortho intramolecular Hbond substituents is 1. The predicted molar refractivity (Wildman–Crippen MR) is 75.5 cm³/mol. The molecule has 0 aliphatic heterocycles. The summed E-state index contributed by atoms with van der Waals surface area (Å²) in [5.41, 5.74) is 8.53. The lowest BCUT2D eigenvalue weighted by Crippen LogP contribution is -1.87. The zero-order valence-corrected chi connectivity index (χ0v) is 9.80. The molecule has 0 aliphatic rings. The summed E-state index contributed by atoms with van der Waals surface area (Å²) in [5.74, 6) is 0.292. The first-order valence-corrected chi connectivity index (χ1v) is 5.82. The van der Waals surface area contributed by atoms with Gasteiger partial charge in [-0.25, -0.2) is 0 Å². The Labute approximate surface area is 105 Å². The van der Waals surface area contributed by atoms with E-state index in [0.717, 1.165) is 27.6 Å². The summed E-state index contributed by atoms with van der Waals surface area (Å²) in [7, 11) is 0. The Morgan fingerprint density at radius 1 is 0.833 bits per heavy atom. The van der Waals surface area contributed by atoms with Crippen molar-refractivity contribution in [3.8, 4) is 16.9 Å². The van der Waals surface area contributed by atoms with Crippen LogP contribution in [0.3, 0.4) is 0 Å². The van der Waals surface area contributed by atoms with Crippen molar-refractivity contribution in [2.24, 2.45) is 0 Å². The Morgan fingerprint density at radius 2 is 1.67 bits per heavy atom. The maximum Gasteiger partial charge on any atom is 0.123 e. The Balaban J connectivity index is 2.23. The molecule has 0 saturated heterocycles. The first kappa shape index (κ1) is 10.7. The number of hydrogen-bond acceptors (Lipinski definition) is 2. The molecule has 2 nitrogen and oxygen atoms in total. The quantitative estimate of drug-likeness (QED) is 0.630. The third-order valence-corrected chi connectivity index (χ3v) is 3.13. The molecule has 18 heavy (non-hydrogen) atoms. The lowest BCUT2D eigenvalue weighted by molar-refractivity contribution is 0.477. The van der Waals surface area contributed by atoms with E-state index < -0.39 is 0 Å². The van der Waals surface area contributed by atoms with E-state index in [0.29, 0.717) is 5.75 Å². The van der Waals surface area contributed by atoms with Crippen LogP contribution in [0.15, 0.2) is 60.7 Å². The molecule has 0 unspecified atom stereocenters. The van der Waals surface area contributed by atoms with Crippen molar-refractivity contribution >= 4 is 16.5 Å². The minimum absolute atomic E-state index is 0.292. The van der Waals surface area contributed by atoms with E-state index in [1.165, 1.54) is 0 Å². The number of fused-ring (bicyclic) bond motifs is 1. The normalized spacial score (nSPS) is 10.7. The number of rotatable bonds is 1. The van der Waals surface area contributed by atoms with E-state index in [1.807, 2.05) is 54.6 Å². The number of hydrogen-bond donors (Lipinski definition) is 2. The van der Waals surface area contributed by atoms with E-state index in [4.69, 9.17) is 5.73 Å². The number of nitrogens with two attached hydrogens (primary N) is 1. The maximum absolute atomic E-state index is 9.87. The molecule has 3 aromatic rings. The molecule has 0 radical (unpaired) electrons. The molecular formula is C16H13NO. The second-order valence-corrected chi connectivity index (χ2v) is 4.30. The second kappa shape index (κ2) is 4.08. The van der Waals surface area contributed by atoms with Crippen molar-refractivity contribution in [3.05, 3.63) is 60.7 Å². The summed E-state index contributed by atoms with van der Waals surface area (Å²) in [5, 5.41) is 12.0. The highest BCUT2D eigenvalue weighted by Crippen LogP contribution is 2.32. The van der Waals surface area contributed by atoms with Crippen LogP contribution in [-0.4, -0.2) is 5.11 Å². The van der Waals surface area contributed by atoms with Crippen molar-refractivity contribution in [1.82, 2.24) is 0 Å². The fourth-order valence-corrected chi connectivity index (χ4v) is 2.19. The van der Waals surface area contributed by atoms with Gasteiger partial charge in [0.25, 0.3) is 0 Å². The van der Waals surface area contributed by atoms with Gasteiger partial charge in [-0.1, -0.05) is 42.5 Å². The van der Waals surface area contributed by atoms with E-state index in [9.17, 15) is 5.11 Å². The van der Waals surface area contributed by atoms with Crippen LogP contribution in [0.1, 0.15) is 0 Å². The van der Waals surface area contributed by atoms with Crippen molar-refractivity contribution in [2.75, 3.05) is 5.73 Å². The fraction of sp³-hybridized carbons (Fsp3) is 0. The monoisotopic (exact) mass is 235 g/mol. The maximum atomic E-state index is 9.87. The van der Waals surface area contributed by atoms with Gasteiger partial charge in [0, 0.05) is 16.6 Å². The van der Waals surface area contributed by atoms with Crippen molar-refractivity contribution in [2.45, 2.75) is 0 Å².